The van der Waals surface area contributed by atoms with Crippen molar-refractivity contribution in [2.75, 3.05) is 7.11 Å². The second-order valence-electron chi connectivity index (χ2n) is 4.37. The van der Waals surface area contributed by atoms with Gasteiger partial charge in [-0.3, -0.25) is 0 Å². The zero-order valence-corrected chi connectivity index (χ0v) is 11.5. The van der Waals surface area contributed by atoms with E-state index in [2.05, 4.69) is 23.1 Å². The molecule has 0 aromatic carbocycles. The summed E-state index contributed by atoms with van der Waals surface area (Å²) in [6.07, 6.45) is 12.9. The summed E-state index contributed by atoms with van der Waals surface area (Å²) >= 11 is 0. The first-order chi connectivity index (χ1) is 8.22. The normalized spacial score (nSPS) is 12.6. The number of nitrogens with one attached hydrogen (secondary N) is 1. The Bertz CT molecular complexity index is 214. The Labute approximate surface area is 106 Å². The van der Waals surface area contributed by atoms with E-state index in [9.17, 15) is 4.79 Å². The number of esters is 1. The molecule has 0 amide bonds. The van der Waals surface area contributed by atoms with Crippen molar-refractivity contribution >= 4 is 5.97 Å². The van der Waals surface area contributed by atoms with Crippen LogP contribution in [0.2, 0.25) is 0 Å². The fraction of sp³-hybridized carbons (Fsp3) is 0.786. The molecule has 0 rings (SSSR count). The van der Waals surface area contributed by atoms with Crippen LogP contribution in [0.4, 0.5) is 0 Å². The van der Waals surface area contributed by atoms with Crippen LogP contribution < -0.4 is 5.32 Å². The van der Waals surface area contributed by atoms with Crippen LogP contribution in [0.3, 0.4) is 0 Å². The van der Waals surface area contributed by atoms with Gasteiger partial charge in [0.1, 0.15) is 6.04 Å². The summed E-state index contributed by atoms with van der Waals surface area (Å²) < 4.78 is 4.61. The van der Waals surface area contributed by atoms with Crippen molar-refractivity contribution < 1.29 is 9.53 Å². The minimum Gasteiger partial charge on any atom is -0.467 e. The van der Waals surface area contributed by atoms with Crippen LogP contribution >= 0.6 is 0 Å². The maximum atomic E-state index is 11.1. The molecule has 0 fully saturated rings. The molecule has 100 valence electrons. The van der Waals surface area contributed by atoms with E-state index < -0.39 is 0 Å². The van der Waals surface area contributed by atoms with E-state index in [0.717, 1.165) is 6.42 Å². The van der Waals surface area contributed by atoms with Crippen LogP contribution in [0.15, 0.2) is 12.3 Å². The molecule has 0 radical (unpaired) electrons. The molecule has 17 heavy (non-hydrogen) atoms. The first-order valence-electron chi connectivity index (χ1n) is 6.71. The molecule has 3 nitrogen and oxygen atoms in total. The second-order valence-corrected chi connectivity index (χ2v) is 4.37. The summed E-state index contributed by atoms with van der Waals surface area (Å²) in [5, 5.41) is 2.99. The lowest BCUT2D eigenvalue weighted by Crippen LogP contribution is -2.30. The number of carbonyl (C=O) groups excluding carboxylic acids is 1. The lowest BCUT2D eigenvalue weighted by molar-refractivity contribution is -0.142. The van der Waals surface area contributed by atoms with Crippen LogP contribution in [-0.2, 0) is 9.53 Å². The maximum absolute atomic E-state index is 11.1. The third-order valence-corrected chi connectivity index (χ3v) is 2.74. The quantitative estimate of drug-likeness (QED) is 0.470. The largest absolute Gasteiger partial charge is 0.467 e. The summed E-state index contributed by atoms with van der Waals surface area (Å²) in [6.45, 7) is 4.03. The molecule has 1 N–H and O–H groups in total. The van der Waals surface area contributed by atoms with Crippen molar-refractivity contribution in [3.8, 4) is 0 Å². The number of hydrogen-bond acceptors (Lipinski definition) is 3. The molecule has 1 unspecified atom stereocenters. The Balaban J connectivity index is 3.33. The van der Waals surface area contributed by atoms with Gasteiger partial charge in [0.15, 0.2) is 0 Å². The fourth-order valence-corrected chi connectivity index (χ4v) is 1.58. The van der Waals surface area contributed by atoms with Gasteiger partial charge in [-0.1, -0.05) is 45.1 Å². The smallest absolute Gasteiger partial charge is 0.327 e. The molecule has 0 spiro atoms. The van der Waals surface area contributed by atoms with Crippen LogP contribution in [-0.4, -0.2) is 19.1 Å². The molecule has 0 bridgehead atoms. The van der Waals surface area contributed by atoms with Crippen LogP contribution in [0.25, 0.3) is 0 Å². The van der Waals surface area contributed by atoms with Gasteiger partial charge in [0, 0.05) is 0 Å². The predicted molar refractivity (Wildman–Crippen MR) is 71.7 cm³/mol. The number of allylic oxidation sites excluding steroid dienone is 1. The molecule has 0 aliphatic rings. The van der Waals surface area contributed by atoms with Gasteiger partial charge in [0.05, 0.1) is 7.11 Å². The molecule has 0 aliphatic carbocycles. The molecule has 1 atom stereocenters. The summed E-state index contributed by atoms with van der Waals surface area (Å²) in [7, 11) is 1.40. The highest BCUT2D eigenvalue weighted by Gasteiger charge is 2.08. The van der Waals surface area contributed by atoms with Crippen molar-refractivity contribution in [3.63, 3.8) is 0 Å². The minimum absolute atomic E-state index is 0.228. The highest BCUT2D eigenvalue weighted by molar-refractivity contribution is 5.75. The van der Waals surface area contributed by atoms with E-state index in [-0.39, 0.29) is 12.0 Å². The zero-order valence-electron chi connectivity index (χ0n) is 11.5. The van der Waals surface area contributed by atoms with E-state index >= 15 is 0 Å². The average molecular weight is 241 g/mol. The van der Waals surface area contributed by atoms with Crippen LogP contribution in [0.5, 0.6) is 0 Å². The number of rotatable bonds is 10. The van der Waals surface area contributed by atoms with E-state index in [4.69, 9.17) is 0 Å². The van der Waals surface area contributed by atoms with Crippen LogP contribution in [0.1, 0.15) is 58.8 Å². The van der Waals surface area contributed by atoms with Gasteiger partial charge < -0.3 is 10.1 Å². The summed E-state index contributed by atoms with van der Waals surface area (Å²) in [5.41, 5.74) is 0. The molecule has 0 aromatic heterocycles. The number of hydrogen-bond donors (Lipinski definition) is 1. The van der Waals surface area contributed by atoms with Gasteiger partial charge >= 0.3 is 5.97 Å². The van der Waals surface area contributed by atoms with Gasteiger partial charge in [-0.2, -0.15) is 0 Å². The second kappa shape index (κ2) is 11.5. The summed E-state index contributed by atoms with van der Waals surface area (Å²) in [5.74, 6) is -0.228. The van der Waals surface area contributed by atoms with Gasteiger partial charge in [0.2, 0.25) is 0 Å². The molecular formula is C14H27NO2. The van der Waals surface area contributed by atoms with Crippen molar-refractivity contribution in [2.45, 2.75) is 64.8 Å². The van der Waals surface area contributed by atoms with Gasteiger partial charge in [-0.15, -0.1) is 0 Å². The Morgan fingerprint density at radius 1 is 1.24 bits per heavy atom. The van der Waals surface area contributed by atoms with E-state index in [1.54, 1.807) is 6.92 Å². The third-order valence-electron chi connectivity index (χ3n) is 2.74. The highest BCUT2D eigenvalue weighted by Crippen LogP contribution is 2.06. The Morgan fingerprint density at radius 2 is 1.88 bits per heavy atom. The topological polar surface area (TPSA) is 38.3 Å². The Hall–Kier alpha value is -0.990. The highest BCUT2D eigenvalue weighted by atomic mass is 16.5. The number of unbranched alkanes of at least 4 members (excludes halogenated alkanes) is 6. The van der Waals surface area contributed by atoms with Crippen molar-refractivity contribution in [1.82, 2.24) is 5.32 Å². The SMILES string of the molecule is CCCCCCCCC=CNC(C)C(=O)OC. The standard InChI is InChI=1S/C14H27NO2/c1-4-5-6-7-8-9-10-11-12-15-13(2)14(16)17-3/h11-13,15H,4-10H2,1-3H3. The molecule has 0 heterocycles. The molecular weight excluding hydrogens is 214 g/mol. The Kier molecular flexibility index (Phi) is 10.8. The van der Waals surface area contributed by atoms with E-state index in [0.29, 0.717) is 0 Å². The molecule has 0 aromatic rings. The van der Waals surface area contributed by atoms with Crippen molar-refractivity contribution in [3.05, 3.63) is 12.3 Å². The third kappa shape index (κ3) is 9.91. The van der Waals surface area contributed by atoms with Gasteiger partial charge in [-0.25, -0.2) is 4.79 Å². The first-order valence-corrected chi connectivity index (χ1v) is 6.71. The van der Waals surface area contributed by atoms with Gasteiger partial charge in [0.25, 0.3) is 0 Å². The molecule has 0 saturated heterocycles. The minimum atomic E-state index is -0.263. The van der Waals surface area contributed by atoms with Crippen molar-refractivity contribution in [2.24, 2.45) is 0 Å². The molecule has 0 saturated carbocycles. The fourth-order valence-electron chi connectivity index (χ4n) is 1.58. The maximum Gasteiger partial charge on any atom is 0.327 e. The monoisotopic (exact) mass is 241 g/mol. The number of carbonyl (C=O) groups is 1. The molecule has 0 aliphatic heterocycles. The summed E-state index contributed by atoms with van der Waals surface area (Å²) in [6, 6.07) is -0.263. The number of methoxy groups -OCH3 is 1. The number of ether oxygens (including phenoxy) is 1. The Morgan fingerprint density at radius 3 is 2.53 bits per heavy atom. The first kappa shape index (κ1) is 16.0. The molecule has 3 heteroatoms. The summed E-state index contributed by atoms with van der Waals surface area (Å²) in [4.78, 5) is 11.1. The van der Waals surface area contributed by atoms with Gasteiger partial charge in [-0.05, 0) is 26.0 Å². The lowest BCUT2D eigenvalue weighted by Gasteiger charge is -2.08. The lowest BCUT2D eigenvalue weighted by atomic mass is 10.1. The van der Waals surface area contributed by atoms with E-state index in [1.165, 1.54) is 45.6 Å². The van der Waals surface area contributed by atoms with Crippen LogP contribution in [0, 0.1) is 0 Å². The van der Waals surface area contributed by atoms with E-state index in [1.807, 2.05) is 6.20 Å². The average Bonchev–Trinajstić information content (AvgIpc) is 2.35. The van der Waals surface area contributed by atoms with Crippen molar-refractivity contribution in [1.29, 1.82) is 0 Å². The predicted octanol–water partition coefficient (Wildman–Crippen LogP) is 3.40. The zero-order chi connectivity index (χ0) is 12.9.